The van der Waals surface area contributed by atoms with Gasteiger partial charge in [-0.3, -0.25) is 0 Å². The van der Waals surface area contributed by atoms with Crippen LogP contribution in [0.3, 0.4) is 0 Å². The van der Waals surface area contributed by atoms with Crippen molar-refractivity contribution >= 4 is 7.12 Å². The first kappa shape index (κ1) is 14.6. The minimum absolute atomic E-state index is 0.0939. The summed E-state index contributed by atoms with van der Waals surface area (Å²) in [5.41, 5.74) is 0.900. The zero-order chi connectivity index (χ0) is 14.7. The predicted molar refractivity (Wildman–Crippen MR) is 80.6 cm³/mol. The van der Waals surface area contributed by atoms with Crippen LogP contribution in [0, 0.1) is 17.8 Å². The summed E-state index contributed by atoms with van der Waals surface area (Å²) in [6.07, 6.45) is 2.39. The van der Waals surface area contributed by atoms with Crippen molar-refractivity contribution in [3.63, 3.8) is 0 Å². The Balaban J connectivity index is 1.81. The maximum Gasteiger partial charge on any atom is 0.462 e. The van der Waals surface area contributed by atoms with Gasteiger partial charge in [-0.15, -0.1) is 0 Å². The van der Waals surface area contributed by atoms with Gasteiger partial charge < -0.3 is 14.0 Å². The number of rotatable bonds is 2. The summed E-state index contributed by atoms with van der Waals surface area (Å²) < 4.78 is 18.3. The molecule has 0 N–H and O–H groups in total. The lowest BCUT2D eigenvalue weighted by molar-refractivity contribution is 0.00578. The van der Waals surface area contributed by atoms with Crippen LogP contribution < -0.4 is 0 Å². The van der Waals surface area contributed by atoms with E-state index in [4.69, 9.17) is 14.0 Å². The zero-order valence-corrected chi connectivity index (χ0v) is 13.6. The number of fused-ring (bicyclic) bond motifs is 1. The van der Waals surface area contributed by atoms with Crippen LogP contribution in [0.4, 0.5) is 0 Å². The van der Waals surface area contributed by atoms with Gasteiger partial charge in [0.1, 0.15) is 0 Å². The fraction of sp³-hybridized carbons (Fsp3) is 0.875. The van der Waals surface area contributed by atoms with E-state index in [1.807, 2.05) is 0 Å². The fourth-order valence-corrected chi connectivity index (χ4v) is 3.85. The van der Waals surface area contributed by atoms with Gasteiger partial charge in [-0.25, -0.2) is 0 Å². The summed E-state index contributed by atoms with van der Waals surface area (Å²) in [7, 11) is -0.0939. The third-order valence-electron chi connectivity index (χ3n) is 5.72. The summed E-state index contributed by atoms with van der Waals surface area (Å²) in [4.78, 5) is 0. The molecule has 112 valence electrons. The Kier molecular flexibility index (Phi) is 3.35. The maximum absolute atomic E-state index is 6.28. The first-order valence-electron chi connectivity index (χ1n) is 7.81. The standard InChI is InChI=1S/C16H27BO3/c1-10(2)7-11-12-8-18-9-13(12)14(11)17-19-15(3,4)16(5,6)20-17/h7,11-14H,8-9H2,1-6H3/t11-,12-,13-,14-/m0/s1. The second kappa shape index (κ2) is 4.59. The van der Waals surface area contributed by atoms with Crippen LogP contribution in [0.1, 0.15) is 41.5 Å². The summed E-state index contributed by atoms with van der Waals surface area (Å²) >= 11 is 0. The fourth-order valence-electron chi connectivity index (χ4n) is 3.85. The van der Waals surface area contributed by atoms with Crippen LogP contribution in [0.15, 0.2) is 11.6 Å². The third-order valence-corrected chi connectivity index (χ3v) is 5.72. The molecule has 0 aromatic carbocycles. The van der Waals surface area contributed by atoms with Crippen LogP contribution in [0.5, 0.6) is 0 Å². The average Bonchev–Trinajstić information content (AvgIpc) is 2.76. The van der Waals surface area contributed by atoms with E-state index in [2.05, 4.69) is 47.6 Å². The van der Waals surface area contributed by atoms with E-state index in [9.17, 15) is 0 Å². The number of hydrogen-bond donors (Lipinski definition) is 0. The molecule has 20 heavy (non-hydrogen) atoms. The number of ether oxygens (including phenoxy) is 1. The van der Waals surface area contributed by atoms with Crippen LogP contribution in [-0.2, 0) is 14.0 Å². The van der Waals surface area contributed by atoms with Gasteiger partial charge in [-0.2, -0.15) is 0 Å². The minimum Gasteiger partial charge on any atom is -0.403 e. The minimum atomic E-state index is -0.238. The molecule has 4 heteroatoms. The summed E-state index contributed by atoms with van der Waals surface area (Å²) in [5, 5.41) is 0. The highest BCUT2D eigenvalue weighted by Gasteiger charge is 2.63. The molecule has 0 radical (unpaired) electrons. The molecule has 0 amide bonds. The Hall–Kier alpha value is -0.315. The van der Waals surface area contributed by atoms with Crippen molar-refractivity contribution in [2.45, 2.75) is 58.6 Å². The quantitative estimate of drug-likeness (QED) is 0.573. The van der Waals surface area contributed by atoms with Gasteiger partial charge in [0.2, 0.25) is 0 Å². The normalized spacial score (nSPS) is 41.2. The highest BCUT2D eigenvalue weighted by molar-refractivity contribution is 6.48. The van der Waals surface area contributed by atoms with Crippen LogP contribution in [0.2, 0.25) is 5.82 Å². The molecule has 0 aromatic rings. The van der Waals surface area contributed by atoms with Crippen molar-refractivity contribution in [1.82, 2.24) is 0 Å². The first-order chi connectivity index (χ1) is 9.23. The van der Waals surface area contributed by atoms with Gasteiger partial charge in [-0.05, 0) is 59.3 Å². The van der Waals surface area contributed by atoms with Gasteiger partial charge in [-0.1, -0.05) is 11.6 Å². The van der Waals surface area contributed by atoms with Gasteiger partial charge in [0.15, 0.2) is 0 Å². The largest absolute Gasteiger partial charge is 0.462 e. The zero-order valence-electron chi connectivity index (χ0n) is 13.6. The second-order valence-corrected chi connectivity index (χ2v) is 7.89. The molecule has 1 saturated carbocycles. The molecular formula is C16H27BO3. The summed E-state index contributed by atoms with van der Waals surface area (Å²) in [6.45, 7) is 14.6. The lowest BCUT2D eigenvalue weighted by Gasteiger charge is -2.47. The molecule has 2 heterocycles. The van der Waals surface area contributed by atoms with Gasteiger partial charge in [0.05, 0.1) is 17.8 Å². The van der Waals surface area contributed by atoms with E-state index < -0.39 is 0 Å². The van der Waals surface area contributed by atoms with Gasteiger partial charge in [0, 0.05) is 12.4 Å². The molecular weight excluding hydrogens is 251 g/mol. The van der Waals surface area contributed by atoms with Gasteiger partial charge in [0.25, 0.3) is 0 Å². The Morgan fingerprint density at radius 3 is 2.10 bits per heavy atom. The van der Waals surface area contributed by atoms with Crippen molar-refractivity contribution < 1.29 is 14.0 Å². The SMILES string of the molecule is CC(C)=C[C@H]1[C@@H]2COC[C@@H]2[C@H]1B1OC(C)(C)C(C)(C)O1. The van der Waals surface area contributed by atoms with E-state index in [0.29, 0.717) is 23.6 Å². The molecule has 3 rings (SSSR count). The Morgan fingerprint density at radius 1 is 1.00 bits per heavy atom. The summed E-state index contributed by atoms with van der Waals surface area (Å²) in [5.74, 6) is 2.25. The molecule has 0 bridgehead atoms. The third kappa shape index (κ3) is 2.08. The van der Waals surface area contributed by atoms with Crippen LogP contribution >= 0.6 is 0 Å². The van der Waals surface area contributed by atoms with E-state index in [1.165, 1.54) is 5.57 Å². The Morgan fingerprint density at radius 2 is 1.55 bits per heavy atom. The molecule has 0 unspecified atom stereocenters. The molecule has 2 aliphatic heterocycles. The lowest BCUT2D eigenvalue weighted by atomic mass is 9.44. The van der Waals surface area contributed by atoms with E-state index in [0.717, 1.165) is 13.2 Å². The highest BCUT2D eigenvalue weighted by atomic mass is 16.7. The van der Waals surface area contributed by atoms with Crippen molar-refractivity contribution in [1.29, 1.82) is 0 Å². The molecule has 2 saturated heterocycles. The highest BCUT2D eigenvalue weighted by Crippen LogP contribution is 2.58. The van der Waals surface area contributed by atoms with Crippen molar-refractivity contribution in [2.75, 3.05) is 13.2 Å². The van der Waals surface area contributed by atoms with Crippen molar-refractivity contribution in [3.8, 4) is 0 Å². The van der Waals surface area contributed by atoms with Crippen molar-refractivity contribution in [3.05, 3.63) is 11.6 Å². The maximum atomic E-state index is 6.28. The summed E-state index contributed by atoms with van der Waals surface area (Å²) in [6, 6.07) is 0. The molecule has 0 spiro atoms. The number of hydrogen-bond acceptors (Lipinski definition) is 3. The van der Waals surface area contributed by atoms with E-state index in [-0.39, 0.29) is 18.3 Å². The van der Waals surface area contributed by atoms with Crippen molar-refractivity contribution in [2.24, 2.45) is 17.8 Å². The topological polar surface area (TPSA) is 27.7 Å². The number of allylic oxidation sites excluding steroid dienone is 2. The first-order valence-corrected chi connectivity index (χ1v) is 7.81. The molecule has 1 aliphatic carbocycles. The molecule has 3 aliphatic rings. The van der Waals surface area contributed by atoms with E-state index in [1.54, 1.807) is 0 Å². The van der Waals surface area contributed by atoms with E-state index >= 15 is 0 Å². The second-order valence-electron chi connectivity index (χ2n) is 7.89. The van der Waals surface area contributed by atoms with Crippen LogP contribution in [0.25, 0.3) is 0 Å². The Bertz CT molecular complexity index is 409. The van der Waals surface area contributed by atoms with Crippen LogP contribution in [-0.4, -0.2) is 31.5 Å². The van der Waals surface area contributed by atoms with Gasteiger partial charge >= 0.3 is 7.12 Å². The predicted octanol–water partition coefficient (Wildman–Crippen LogP) is 3.31. The molecule has 0 aromatic heterocycles. The smallest absolute Gasteiger partial charge is 0.403 e. The average molecular weight is 278 g/mol. The lowest BCUT2D eigenvalue weighted by Crippen LogP contribution is -2.49. The molecule has 3 fully saturated rings. The molecule has 4 atom stereocenters. The molecule has 3 nitrogen and oxygen atoms in total. The Labute approximate surface area is 123 Å². The monoisotopic (exact) mass is 278 g/mol.